The van der Waals surface area contributed by atoms with Crippen LogP contribution < -0.4 is 9.57 Å². The monoisotopic (exact) mass is 521 g/mol. The molecule has 1 fully saturated rings. The van der Waals surface area contributed by atoms with Crippen LogP contribution in [0.3, 0.4) is 0 Å². The third kappa shape index (κ3) is 14.1. The third-order valence-corrected chi connectivity index (χ3v) is 7.25. The van der Waals surface area contributed by atoms with Crippen molar-refractivity contribution in [1.82, 2.24) is 9.73 Å². The summed E-state index contributed by atoms with van der Waals surface area (Å²) in [5.41, 5.74) is 0.881. The number of rotatable bonds is 19. The predicted molar refractivity (Wildman–Crippen MR) is 152 cm³/mol. The fourth-order valence-electron chi connectivity index (χ4n) is 4.76. The molecular formula is C29H51N3O3S. The summed E-state index contributed by atoms with van der Waals surface area (Å²) in [4.78, 5) is 4.48. The van der Waals surface area contributed by atoms with Crippen molar-refractivity contribution < 1.29 is 13.2 Å². The summed E-state index contributed by atoms with van der Waals surface area (Å²) in [6.07, 6.45) is 23.4. The zero-order valence-corrected chi connectivity index (χ0v) is 23.8. The molecule has 0 atom stereocenters. The molecule has 0 aromatic heterocycles. The summed E-state index contributed by atoms with van der Waals surface area (Å²) in [6, 6.07) is 7.86. The van der Waals surface area contributed by atoms with E-state index >= 15 is 0 Å². The van der Waals surface area contributed by atoms with Crippen LogP contribution in [0, 0.1) is 0 Å². The van der Waals surface area contributed by atoms with E-state index in [-0.39, 0.29) is 0 Å². The Morgan fingerprint density at radius 2 is 1.42 bits per heavy atom. The van der Waals surface area contributed by atoms with Gasteiger partial charge in [-0.3, -0.25) is 0 Å². The molecule has 1 N–H and O–H groups in total. The van der Waals surface area contributed by atoms with Gasteiger partial charge in [0.2, 0.25) is 10.0 Å². The Kier molecular flexibility index (Phi) is 15.6. The van der Waals surface area contributed by atoms with Crippen LogP contribution in [0.2, 0.25) is 0 Å². The smallest absolute Gasteiger partial charge is 0.244 e. The van der Waals surface area contributed by atoms with Gasteiger partial charge in [0.1, 0.15) is 5.75 Å². The van der Waals surface area contributed by atoms with E-state index in [1.165, 1.54) is 89.9 Å². The van der Waals surface area contributed by atoms with E-state index in [0.717, 1.165) is 49.9 Å². The number of nitrogens with zero attached hydrogens (tertiary/aromatic N) is 2. The summed E-state index contributed by atoms with van der Waals surface area (Å²) < 4.78 is 29.3. The van der Waals surface area contributed by atoms with Crippen LogP contribution in [0.25, 0.3) is 0 Å². The molecule has 1 aromatic rings. The van der Waals surface area contributed by atoms with Crippen molar-refractivity contribution in [3.8, 4) is 5.75 Å². The van der Waals surface area contributed by atoms with Gasteiger partial charge in [0, 0.05) is 18.7 Å². The molecule has 0 aliphatic carbocycles. The van der Waals surface area contributed by atoms with E-state index in [2.05, 4.69) is 21.8 Å². The zero-order chi connectivity index (χ0) is 25.9. The lowest BCUT2D eigenvalue weighted by Crippen LogP contribution is -2.38. The number of likely N-dealkylation sites (tertiary alicyclic amines) is 1. The SMILES string of the molecule is CCCCCCCCCCCCCCCCOc1cccc(/C(=N/NS(C)(=O)=O)N2CCCCC2)c1. The molecule has 1 aliphatic rings. The number of benzene rings is 1. The Morgan fingerprint density at radius 1 is 0.861 bits per heavy atom. The number of hydrogen-bond donors (Lipinski definition) is 1. The van der Waals surface area contributed by atoms with Gasteiger partial charge < -0.3 is 9.64 Å². The van der Waals surface area contributed by atoms with E-state index in [1.54, 1.807) is 0 Å². The molecule has 0 spiro atoms. The number of ether oxygens (including phenoxy) is 1. The number of nitrogens with one attached hydrogen (secondary N) is 1. The molecule has 0 bridgehead atoms. The highest BCUT2D eigenvalue weighted by atomic mass is 32.2. The average molecular weight is 522 g/mol. The molecule has 0 unspecified atom stereocenters. The maximum absolute atomic E-state index is 11.6. The molecule has 0 radical (unpaired) electrons. The maximum Gasteiger partial charge on any atom is 0.244 e. The van der Waals surface area contributed by atoms with Gasteiger partial charge in [0.25, 0.3) is 0 Å². The molecule has 6 nitrogen and oxygen atoms in total. The minimum absolute atomic E-state index is 0.669. The molecule has 1 aliphatic heterocycles. The summed E-state index contributed by atoms with van der Waals surface area (Å²) in [7, 11) is -3.41. The number of unbranched alkanes of at least 4 members (excludes halogenated alkanes) is 13. The van der Waals surface area contributed by atoms with E-state index in [0.29, 0.717) is 12.4 Å². The Morgan fingerprint density at radius 3 is 1.97 bits per heavy atom. The van der Waals surface area contributed by atoms with Gasteiger partial charge in [0.05, 0.1) is 12.9 Å². The van der Waals surface area contributed by atoms with Gasteiger partial charge in [-0.25, -0.2) is 13.2 Å². The number of hydrazone groups is 1. The van der Waals surface area contributed by atoms with Crippen LogP contribution >= 0.6 is 0 Å². The summed E-state index contributed by atoms with van der Waals surface area (Å²) in [5.74, 6) is 1.48. The first kappa shape index (κ1) is 30.5. The molecule has 206 valence electrons. The van der Waals surface area contributed by atoms with E-state index in [9.17, 15) is 8.42 Å². The van der Waals surface area contributed by atoms with E-state index in [1.807, 2.05) is 24.3 Å². The van der Waals surface area contributed by atoms with Crippen molar-refractivity contribution in [3.05, 3.63) is 29.8 Å². The van der Waals surface area contributed by atoms with Gasteiger partial charge in [-0.05, 0) is 37.8 Å². The minimum atomic E-state index is -3.41. The van der Waals surface area contributed by atoms with E-state index in [4.69, 9.17) is 4.74 Å². The van der Waals surface area contributed by atoms with Crippen LogP contribution in [0.15, 0.2) is 29.4 Å². The maximum atomic E-state index is 11.6. The van der Waals surface area contributed by atoms with Gasteiger partial charge in [-0.1, -0.05) is 103 Å². The first-order valence-electron chi connectivity index (χ1n) is 14.5. The Labute approximate surface area is 221 Å². The van der Waals surface area contributed by atoms with Gasteiger partial charge >= 0.3 is 0 Å². The van der Waals surface area contributed by atoms with Crippen molar-refractivity contribution in [2.45, 2.75) is 116 Å². The first-order chi connectivity index (χ1) is 17.5. The third-order valence-electron chi connectivity index (χ3n) is 6.83. The van der Waals surface area contributed by atoms with Crippen molar-refractivity contribution in [2.75, 3.05) is 26.0 Å². The highest BCUT2D eigenvalue weighted by molar-refractivity contribution is 7.88. The highest BCUT2D eigenvalue weighted by Crippen LogP contribution is 2.19. The summed E-state index contributed by atoms with van der Waals surface area (Å²) in [5, 5.41) is 4.26. The average Bonchev–Trinajstić information content (AvgIpc) is 2.87. The van der Waals surface area contributed by atoms with Gasteiger partial charge in [0.15, 0.2) is 5.84 Å². The normalized spacial score (nSPS) is 14.7. The van der Waals surface area contributed by atoms with E-state index < -0.39 is 10.0 Å². The second-order valence-corrected chi connectivity index (χ2v) is 12.0. The molecule has 1 heterocycles. The Balaban J connectivity index is 1.63. The standard InChI is InChI=1S/C29H51N3O3S/c1-3-4-5-6-7-8-9-10-11-12-13-14-15-19-25-35-28-22-20-21-27(26-28)29(30-31-36(2,33)34)32-23-17-16-18-24-32/h20-22,26,31H,3-19,23-25H2,1-2H3/b30-29-. The number of piperidine rings is 1. The Hall–Kier alpha value is -1.76. The van der Waals surface area contributed by atoms with Gasteiger partial charge in [-0.2, -0.15) is 0 Å². The second kappa shape index (κ2) is 18.5. The number of sulfonamides is 1. The first-order valence-corrected chi connectivity index (χ1v) is 16.4. The fourth-order valence-corrected chi connectivity index (χ4v) is 5.01. The summed E-state index contributed by atoms with van der Waals surface area (Å²) in [6.45, 7) is 4.75. The highest BCUT2D eigenvalue weighted by Gasteiger charge is 2.18. The molecule has 1 saturated heterocycles. The molecular weight excluding hydrogens is 470 g/mol. The lowest BCUT2D eigenvalue weighted by molar-refractivity contribution is 0.304. The lowest BCUT2D eigenvalue weighted by Gasteiger charge is -2.29. The van der Waals surface area contributed by atoms with Gasteiger partial charge in [-0.15, -0.1) is 5.10 Å². The van der Waals surface area contributed by atoms with Crippen LogP contribution in [-0.4, -0.2) is 45.1 Å². The second-order valence-electron chi connectivity index (χ2n) is 10.3. The lowest BCUT2D eigenvalue weighted by atomic mass is 10.0. The van der Waals surface area contributed by atoms with Crippen molar-refractivity contribution in [2.24, 2.45) is 5.10 Å². The molecule has 0 amide bonds. The molecule has 2 rings (SSSR count). The van der Waals surface area contributed by atoms with Crippen LogP contribution in [0.4, 0.5) is 0 Å². The molecule has 1 aromatic carbocycles. The van der Waals surface area contributed by atoms with Crippen molar-refractivity contribution in [3.63, 3.8) is 0 Å². The molecule has 36 heavy (non-hydrogen) atoms. The predicted octanol–water partition coefficient (Wildman–Crippen LogP) is 7.24. The summed E-state index contributed by atoms with van der Waals surface area (Å²) >= 11 is 0. The minimum Gasteiger partial charge on any atom is -0.494 e. The fraction of sp³-hybridized carbons (Fsp3) is 0.759. The molecule has 0 saturated carbocycles. The van der Waals surface area contributed by atoms with Crippen LogP contribution in [-0.2, 0) is 10.0 Å². The van der Waals surface area contributed by atoms with Crippen molar-refractivity contribution >= 4 is 15.9 Å². The number of amidine groups is 1. The Bertz CT molecular complexity index is 836. The topological polar surface area (TPSA) is 71.0 Å². The largest absolute Gasteiger partial charge is 0.494 e. The van der Waals surface area contributed by atoms with Crippen LogP contribution in [0.5, 0.6) is 5.75 Å². The zero-order valence-electron chi connectivity index (χ0n) is 23.0. The molecule has 7 heteroatoms. The van der Waals surface area contributed by atoms with Crippen molar-refractivity contribution in [1.29, 1.82) is 0 Å². The number of hydrogen-bond acceptors (Lipinski definition) is 4. The quantitative estimate of drug-likeness (QED) is 0.0901. The van der Waals surface area contributed by atoms with Crippen LogP contribution in [0.1, 0.15) is 122 Å².